The Morgan fingerprint density at radius 2 is 1.96 bits per heavy atom. The Hall–Kier alpha value is -2.28. The third-order valence-corrected chi connectivity index (χ3v) is 4.34. The van der Waals surface area contributed by atoms with Gasteiger partial charge >= 0.3 is 5.97 Å². The lowest BCUT2D eigenvalue weighted by Gasteiger charge is -2.17. The first-order valence-corrected chi connectivity index (χ1v) is 7.90. The SMILES string of the molecule is COC(=O)c1cc(NC(=O)C[C@@H]2CCC[C@H]2N)c(OC)c(OC)c1. The van der Waals surface area contributed by atoms with Crippen LogP contribution in [0.15, 0.2) is 12.1 Å². The summed E-state index contributed by atoms with van der Waals surface area (Å²) < 4.78 is 15.3. The number of nitrogens with one attached hydrogen (secondary N) is 1. The number of hydrogen-bond acceptors (Lipinski definition) is 6. The van der Waals surface area contributed by atoms with Crippen LogP contribution in [-0.2, 0) is 9.53 Å². The van der Waals surface area contributed by atoms with Gasteiger partial charge in [0.1, 0.15) is 0 Å². The lowest BCUT2D eigenvalue weighted by molar-refractivity contribution is -0.117. The maximum absolute atomic E-state index is 12.4. The molecule has 0 aliphatic heterocycles. The number of amides is 1. The minimum absolute atomic E-state index is 0.0635. The van der Waals surface area contributed by atoms with E-state index in [1.54, 1.807) is 0 Å². The summed E-state index contributed by atoms with van der Waals surface area (Å²) in [6.45, 7) is 0. The second-order valence-corrected chi connectivity index (χ2v) is 5.86. The van der Waals surface area contributed by atoms with E-state index in [1.807, 2.05) is 0 Å². The number of anilines is 1. The standard InChI is InChI=1S/C17H24N2O5/c1-22-14-8-11(17(21)24-3)7-13(16(14)23-2)19-15(20)9-10-5-4-6-12(10)18/h7-8,10,12H,4-6,9,18H2,1-3H3,(H,19,20)/t10-,12+/m0/s1. The molecule has 1 aromatic carbocycles. The normalized spacial score (nSPS) is 19.7. The second kappa shape index (κ2) is 8.01. The first-order chi connectivity index (χ1) is 11.5. The van der Waals surface area contributed by atoms with Crippen molar-refractivity contribution in [1.29, 1.82) is 0 Å². The van der Waals surface area contributed by atoms with Gasteiger partial charge in [-0.2, -0.15) is 0 Å². The number of carbonyl (C=O) groups excluding carboxylic acids is 2. The predicted octanol–water partition coefficient (Wildman–Crippen LogP) is 1.95. The minimum Gasteiger partial charge on any atom is -0.493 e. The van der Waals surface area contributed by atoms with Gasteiger partial charge in [0.15, 0.2) is 11.5 Å². The predicted molar refractivity (Wildman–Crippen MR) is 89.4 cm³/mol. The molecule has 1 aromatic rings. The molecule has 0 radical (unpaired) electrons. The van der Waals surface area contributed by atoms with Gasteiger partial charge in [0.2, 0.25) is 5.91 Å². The van der Waals surface area contributed by atoms with Crippen molar-refractivity contribution < 1.29 is 23.8 Å². The number of nitrogens with two attached hydrogens (primary N) is 1. The summed E-state index contributed by atoms with van der Waals surface area (Å²) in [5.41, 5.74) is 6.65. The summed E-state index contributed by atoms with van der Waals surface area (Å²) in [7, 11) is 4.22. The Bertz CT molecular complexity index is 617. The second-order valence-electron chi connectivity index (χ2n) is 5.86. The molecule has 1 saturated carbocycles. The molecule has 1 amide bonds. The third-order valence-electron chi connectivity index (χ3n) is 4.34. The number of hydrogen-bond donors (Lipinski definition) is 2. The van der Waals surface area contributed by atoms with Gasteiger partial charge in [-0.3, -0.25) is 4.79 Å². The molecular weight excluding hydrogens is 312 g/mol. The van der Waals surface area contributed by atoms with Gasteiger partial charge in [0, 0.05) is 12.5 Å². The summed E-state index contributed by atoms with van der Waals surface area (Å²) in [5.74, 6) is 0.188. The lowest BCUT2D eigenvalue weighted by atomic mass is 10.00. The van der Waals surface area contributed by atoms with Crippen LogP contribution in [0.5, 0.6) is 11.5 Å². The Labute approximate surface area is 141 Å². The molecule has 24 heavy (non-hydrogen) atoms. The third kappa shape index (κ3) is 3.97. The van der Waals surface area contributed by atoms with Crippen molar-refractivity contribution in [2.45, 2.75) is 31.7 Å². The molecular formula is C17H24N2O5. The van der Waals surface area contributed by atoms with Crippen LogP contribution in [0.1, 0.15) is 36.0 Å². The molecule has 2 atom stereocenters. The summed E-state index contributed by atoms with van der Waals surface area (Å²) in [5, 5.41) is 2.80. The van der Waals surface area contributed by atoms with Crippen molar-refractivity contribution in [3.05, 3.63) is 17.7 Å². The molecule has 132 valence electrons. The fraction of sp³-hybridized carbons (Fsp3) is 0.529. The highest BCUT2D eigenvalue weighted by molar-refractivity contribution is 5.97. The summed E-state index contributed by atoms with van der Waals surface area (Å²) in [4.78, 5) is 24.1. The average molecular weight is 336 g/mol. The van der Waals surface area contributed by atoms with Crippen molar-refractivity contribution in [3.63, 3.8) is 0 Å². The number of ether oxygens (including phenoxy) is 3. The summed E-state index contributed by atoms with van der Waals surface area (Å²) >= 11 is 0. The summed E-state index contributed by atoms with van der Waals surface area (Å²) in [6, 6.07) is 3.08. The van der Waals surface area contributed by atoms with Crippen molar-refractivity contribution in [3.8, 4) is 11.5 Å². The smallest absolute Gasteiger partial charge is 0.338 e. The highest BCUT2D eigenvalue weighted by Crippen LogP contribution is 2.37. The molecule has 1 aliphatic carbocycles. The Morgan fingerprint density at radius 1 is 1.21 bits per heavy atom. The number of methoxy groups -OCH3 is 3. The van der Waals surface area contributed by atoms with Crippen LogP contribution in [-0.4, -0.2) is 39.2 Å². The molecule has 0 spiro atoms. The van der Waals surface area contributed by atoms with E-state index in [9.17, 15) is 9.59 Å². The minimum atomic E-state index is -0.524. The number of benzene rings is 1. The van der Waals surface area contributed by atoms with E-state index < -0.39 is 5.97 Å². The monoisotopic (exact) mass is 336 g/mol. The van der Waals surface area contributed by atoms with Gasteiger partial charge in [-0.25, -0.2) is 4.79 Å². The van der Waals surface area contributed by atoms with Crippen LogP contribution < -0.4 is 20.5 Å². The molecule has 2 rings (SSSR count). The molecule has 3 N–H and O–H groups in total. The van der Waals surface area contributed by atoms with Crippen LogP contribution >= 0.6 is 0 Å². The van der Waals surface area contributed by atoms with Crippen LogP contribution in [0.4, 0.5) is 5.69 Å². The van der Waals surface area contributed by atoms with Gasteiger partial charge in [0.05, 0.1) is 32.6 Å². The van der Waals surface area contributed by atoms with Crippen molar-refractivity contribution >= 4 is 17.6 Å². The molecule has 7 heteroatoms. The molecule has 0 unspecified atom stereocenters. The Kier molecular flexibility index (Phi) is 6.03. The number of esters is 1. The first kappa shape index (κ1) is 18.1. The van der Waals surface area contributed by atoms with Crippen LogP contribution in [0.2, 0.25) is 0 Å². The van der Waals surface area contributed by atoms with Gasteiger partial charge in [0.25, 0.3) is 0 Å². The van der Waals surface area contributed by atoms with E-state index in [-0.39, 0.29) is 23.4 Å². The summed E-state index contributed by atoms with van der Waals surface area (Å²) in [6.07, 6.45) is 3.30. The zero-order chi connectivity index (χ0) is 17.7. The number of carbonyl (C=O) groups is 2. The van der Waals surface area contributed by atoms with E-state index >= 15 is 0 Å². The van der Waals surface area contributed by atoms with Gasteiger partial charge in [-0.05, 0) is 30.9 Å². The zero-order valence-electron chi connectivity index (χ0n) is 14.3. The topological polar surface area (TPSA) is 99.9 Å². The molecule has 0 aromatic heterocycles. The highest BCUT2D eigenvalue weighted by Gasteiger charge is 2.27. The van der Waals surface area contributed by atoms with E-state index in [0.717, 1.165) is 19.3 Å². The van der Waals surface area contributed by atoms with Crippen LogP contribution in [0, 0.1) is 5.92 Å². The zero-order valence-corrected chi connectivity index (χ0v) is 14.3. The van der Waals surface area contributed by atoms with E-state index in [2.05, 4.69) is 5.32 Å². The van der Waals surface area contributed by atoms with E-state index in [1.165, 1.54) is 33.5 Å². The maximum atomic E-state index is 12.4. The van der Waals surface area contributed by atoms with Crippen molar-refractivity contribution in [2.24, 2.45) is 11.7 Å². The molecule has 0 heterocycles. The Balaban J connectivity index is 2.23. The van der Waals surface area contributed by atoms with Gasteiger partial charge in [-0.15, -0.1) is 0 Å². The van der Waals surface area contributed by atoms with E-state index in [0.29, 0.717) is 23.6 Å². The number of rotatable bonds is 6. The maximum Gasteiger partial charge on any atom is 0.338 e. The average Bonchev–Trinajstić information content (AvgIpc) is 2.97. The van der Waals surface area contributed by atoms with Gasteiger partial charge in [-0.1, -0.05) is 6.42 Å². The first-order valence-electron chi connectivity index (χ1n) is 7.90. The Morgan fingerprint density at radius 3 is 2.50 bits per heavy atom. The van der Waals surface area contributed by atoms with Crippen LogP contribution in [0.3, 0.4) is 0 Å². The highest BCUT2D eigenvalue weighted by atomic mass is 16.5. The van der Waals surface area contributed by atoms with E-state index in [4.69, 9.17) is 19.9 Å². The van der Waals surface area contributed by atoms with Crippen molar-refractivity contribution in [2.75, 3.05) is 26.6 Å². The van der Waals surface area contributed by atoms with Crippen molar-refractivity contribution in [1.82, 2.24) is 0 Å². The molecule has 7 nitrogen and oxygen atoms in total. The molecule has 1 fully saturated rings. The molecule has 0 saturated heterocycles. The largest absolute Gasteiger partial charge is 0.493 e. The quantitative estimate of drug-likeness (QED) is 0.770. The molecule has 1 aliphatic rings. The fourth-order valence-corrected chi connectivity index (χ4v) is 3.05. The lowest BCUT2D eigenvalue weighted by Crippen LogP contribution is -2.28. The molecule has 0 bridgehead atoms. The fourth-order valence-electron chi connectivity index (χ4n) is 3.05. The van der Waals surface area contributed by atoms with Gasteiger partial charge < -0.3 is 25.3 Å². The van der Waals surface area contributed by atoms with Crippen LogP contribution in [0.25, 0.3) is 0 Å².